The minimum absolute atomic E-state index is 0.0393. The molecular formula is C15H9ClF6N2O2. The van der Waals surface area contributed by atoms with E-state index in [1.54, 1.807) is 0 Å². The Hall–Kier alpha value is -2.49. The normalized spacial score (nSPS) is 12.0. The van der Waals surface area contributed by atoms with Gasteiger partial charge in [-0.05, 0) is 30.3 Å². The maximum atomic E-state index is 12.7. The fourth-order valence-electron chi connectivity index (χ4n) is 1.82. The monoisotopic (exact) mass is 398 g/mol. The van der Waals surface area contributed by atoms with Crippen LogP contribution < -0.4 is 10.1 Å². The standard InChI is InChI=1S/C15H9ClF6N2O2/c16-13-11(2-1-3-23-13)24-12(25)7-26-10-5-8(14(17,18)19)4-9(6-10)15(20,21)22/h1-6H,7H2,(H,24,25). The predicted octanol–water partition coefficient (Wildman–Crippen LogP) is 4.79. The summed E-state index contributed by atoms with van der Waals surface area (Å²) in [5.41, 5.74) is -2.97. The van der Waals surface area contributed by atoms with Gasteiger partial charge in [-0.15, -0.1) is 0 Å². The van der Waals surface area contributed by atoms with Gasteiger partial charge in [-0.25, -0.2) is 4.98 Å². The third kappa shape index (κ3) is 5.25. The van der Waals surface area contributed by atoms with Gasteiger partial charge < -0.3 is 10.1 Å². The topological polar surface area (TPSA) is 51.2 Å². The van der Waals surface area contributed by atoms with Crippen molar-refractivity contribution in [3.05, 3.63) is 52.8 Å². The highest BCUT2D eigenvalue weighted by molar-refractivity contribution is 6.32. The van der Waals surface area contributed by atoms with Crippen LogP contribution in [0.15, 0.2) is 36.5 Å². The lowest BCUT2D eigenvalue weighted by atomic mass is 10.1. The molecular weight excluding hydrogens is 390 g/mol. The molecule has 11 heteroatoms. The zero-order valence-corrected chi connectivity index (χ0v) is 13.3. The summed E-state index contributed by atoms with van der Waals surface area (Å²) in [7, 11) is 0. The summed E-state index contributed by atoms with van der Waals surface area (Å²) in [6, 6.07) is 3.57. The molecule has 2 rings (SSSR count). The number of anilines is 1. The van der Waals surface area contributed by atoms with Gasteiger partial charge in [0.25, 0.3) is 5.91 Å². The molecule has 0 aliphatic heterocycles. The molecule has 0 aliphatic rings. The van der Waals surface area contributed by atoms with Crippen molar-refractivity contribution in [2.75, 3.05) is 11.9 Å². The Morgan fingerprint density at radius 1 is 1.08 bits per heavy atom. The summed E-state index contributed by atoms with van der Waals surface area (Å²) in [4.78, 5) is 15.4. The molecule has 0 spiro atoms. The van der Waals surface area contributed by atoms with Gasteiger partial charge in [-0.1, -0.05) is 11.6 Å². The van der Waals surface area contributed by atoms with E-state index in [2.05, 4.69) is 10.3 Å². The lowest BCUT2D eigenvalue weighted by Crippen LogP contribution is -2.21. The molecule has 1 amide bonds. The molecule has 0 radical (unpaired) electrons. The molecule has 1 heterocycles. The largest absolute Gasteiger partial charge is 0.484 e. The van der Waals surface area contributed by atoms with Crippen LogP contribution in [0.1, 0.15) is 11.1 Å². The number of alkyl halides is 6. The number of hydrogen-bond donors (Lipinski definition) is 1. The number of aromatic nitrogens is 1. The Bertz CT molecular complexity index is 775. The molecule has 140 valence electrons. The summed E-state index contributed by atoms with van der Waals surface area (Å²) in [6.07, 6.45) is -8.66. The van der Waals surface area contributed by atoms with Gasteiger partial charge in [-0.3, -0.25) is 4.79 Å². The maximum absolute atomic E-state index is 12.7. The van der Waals surface area contributed by atoms with E-state index in [9.17, 15) is 31.1 Å². The highest BCUT2D eigenvalue weighted by Crippen LogP contribution is 2.38. The zero-order chi connectivity index (χ0) is 19.5. The molecule has 0 aliphatic carbocycles. The minimum Gasteiger partial charge on any atom is -0.484 e. The Morgan fingerprint density at radius 2 is 1.65 bits per heavy atom. The molecule has 2 aromatic rings. The van der Waals surface area contributed by atoms with Crippen molar-refractivity contribution >= 4 is 23.2 Å². The van der Waals surface area contributed by atoms with Crippen LogP contribution in [0.4, 0.5) is 32.0 Å². The summed E-state index contributed by atoms with van der Waals surface area (Å²) < 4.78 is 81.2. The Kier molecular flexibility index (Phi) is 5.65. The van der Waals surface area contributed by atoms with Crippen molar-refractivity contribution in [3.8, 4) is 5.75 Å². The van der Waals surface area contributed by atoms with Crippen LogP contribution in [0.3, 0.4) is 0 Å². The number of pyridine rings is 1. The van der Waals surface area contributed by atoms with E-state index < -0.39 is 41.7 Å². The molecule has 26 heavy (non-hydrogen) atoms. The second-order valence-corrected chi connectivity index (χ2v) is 5.28. The van der Waals surface area contributed by atoms with E-state index in [1.165, 1.54) is 18.3 Å². The number of halogens is 7. The van der Waals surface area contributed by atoms with Crippen molar-refractivity contribution in [1.82, 2.24) is 4.98 Å². The Morgan fingerprint density at radius 3 is 2.15 bits per heavy atom. The first-order valence-corrected chi connectivity index (χ1v) is 7.17. The number of hydrogen-bond acceptors (Lipinski definition) is 3. The van der Waals surface area contributed by atoms with Gasteiger partial charge in [0.15, 0.2) is 11.8 Å². The third-order valence-corrected chi connectivity index (χ3v) is 3.27. The third-order valence-electron chi connectivity index (χ3n) is 2.96. The predicted molar refractivity (Wildman–Crippen MR) is 79.8 cm³/mol. The average molecular weight is 399 g/mol. The second kappa shape index (κ2) is 7.40. The van der Waals surface area contributed by atoms with Crippen LogP contribution in [0, 0.1) is 0 Å². The van der Waals surface area contributed by atoms with Gasteiger partial charge in [0, 0.05) is 6.20 Å². The lowest BCUT2D eigenvalue weighted by Gasteiger charge is -2.14. The number of ether oxygens (including phenoxy) is 1. The fraction of sp³-hybridized carbons (Fsp3) is 0.200. The summed E-state index contributed by atoms with van der Waals surface area (Å²) in [6.45, 7) is -0.830. The molecule has 0 saturated carbocycles. The summed E-state index contributed by atoms with van der Waals surface area (Å²) in [5, 5.41) is 2.22. The quantitative estimate of drug-likeness (QED) is 0.595. The van der Waals surface area contributed by atoms with E-state index in [4.69, 9.17) is 16.3 Å². The second-order valence-electron chi connectivity index (χ2n) is 4.92. The number of nitrogens with one attached hydrogen (secondary N) is 1. The average Bonchev–Trinajstić information content (AvgIpc) is 2.53. The molecule has 1 aromatic heterocycles. The van der Waals surface area contributed by atoms with Crippen LogP contribution in [-0.4, -0.2) is 17.5 Å². The van der Waals surface area contributed by atoms with E-state index in [-0.39, 0.29) is 16.9 Å². The molecule has 0 bridgehead atoms. The van der Waals surface area contributed by atoms with Crippen LogP contribution in [-0.2, 0) is 17.1 Å². The molecule has 0 fully saturated rings. The van der Waals surface area contributed by atoms with Crippen molar-refractivity contribution < 1.29 is 35.9 Å². The first-order valence-electron chi connectivity index (χ1n) is 6.79. The first-order chi connectivity index (χ1) is 12.0. The number of nitrogens with zero attached hydrogens (tertiary/aromatic N) is 1. The smallest absolute Gasteiger partial charge is 0.416 e. The Labute approximate surface area is 147 Å². The first kappa shape index (κ1) is 19.8. The molecule has 1 aromatic carbocycles. The number of rotatable bonds is 4. The van der Waals surface area contributed by atoms with Crippen LogP contribution in [0.25, 0.3) is 0 Å². The van der Waals surface area contributed by atoms with Gasteiger partial charge in [0.05, 0.1) is 16.8 Å². The highest BCUT2D eigenvalue weighted by Gasteiger charge is 2.37. The van der Waals surface area contributed by atoms with E-state index in [0.29, 0.717) is 12.1 Å². The van der Waals surface area contributed by atoms with Crippen LogP contribution >= 0.6 is 11.6 Å². The van der Waals surface area contributed by atoms with E-state index >= 15 is 0 Å². The van der Waals surface area contributed by atoms with Gasteiger partial charge >= 0.3 is 12.4 Å². The number of carbonyl (C=O) groups excluding carboxylic acids is 1. The molecule has 4 nitrogen and oxygen atoms in total. The SMILES string of the molecule is O=C(COc1cc(C(F)(F)F)cc(C(F)(F)F)c1)Nc1cccnc1Cl. The summed E-state index contributed by atoms with van der Waals surface area (Å²) >= 11 is 5.71. The van der Waals surface area contributed by atoms with Gasteiger partial charge in [0.2, 0.25) is 0 Å². The van der Waals surface area contributed by atoms with E-state index in [1.807, 2.05) is 0 Å². The Balaban J connectivity index is 2.16. The lowest BCUT2D eigenvalue weighted by molar-refractivity contribution is -0.143. The minimum atomic E-state index is -5.01. The number of amides is 1. The number of benzene rings is 1. The van der Waals surface area contributed by atoms with E-state index in [0.717, 1.165) is 0 Å². The van der Waals surface area contributed by atoms with Crippen molar-refractivity contribution in [2.24, 2.45) is 0 Å². The number of carbonyl (C=O) groups is 1. The van der Waals surface area contributed by atoms with Gasteiger partial charge in [-0.2, -0.15) is 26.3 Å². The zero-order valence-electron chi connectivity index (χ0n) is 12.6. The fourth-order valence-corrected chi connectivity index (χ4v) is 1.99. The summed E-state index contributed by atoms with van der Waals surface area (Å²) in [5.74, 6) is -1.59. The van der Waals surface area contributed by atoms with Gasteiger partial charge in [0.1, 0.15) is 5.75 Å². The van der Waals surface area contributed by atoms with Crippen LogP contribution in [0.5, 0.6) is 5.75 Å². The van der Waals surface area contributed by atoms with Crippen molar-refractivity contribution in [3.63, 3.8) is 0 Å². The molecule has 0 saturated heterocycles. The van der Waals surface area contributed by atoms with Crippen molar-refractivity contribution in [1.29, 1.82) is 0 Å². The highest BCUT2D eigenvalue weighted by atomic mass is 35.5. The van der Waals surface area contributed by atoms with Crippen LogP contribution in [0.2, 0.25) is 5.15 Å². The molecule has 0 atom stereocenters. The molecule has 0 unspecified atom stereocenters. The maximum Gasteiger partial charge on any atom is 0.416 e. The molecule has 1 N–H and O–H groups in total. The van der Waals surface area contributed by atoms with Crippen molar-refractivity contribution in [2.45, 2.75) is 12.4 Å².